The van der Waals surface area contributed by atoms with E-state index >= 15 is 0 Å². The zero-order chi connectivity index (χ0) is 25.5. The highest BCUT2D eigenvalue weighted by molar-refractivity contribution is 6.43. The van der Waals surface area contributed by atoms with Gasteiger partial charge in [0.25, 0.3) is 5.56 Å². The zero-order valence-electron chi connectivity index (χ0n) is 21.1. The van der Waals surface area contributed by atoms with E-state index in [-0.39, 0.29) is 23.1 Å². The van der Waals surface area contributed by atoms with E-state index in [0.717, 1.165) is 45.2 Å². The molecule has 1 saturated carbocycles. The molecule has 35 heavy (non-hydrogen) atoms. The minimum Gasteiger partial charge on any atom is -0.444 e. The van der Waals surface area contributed by atoms with Crippen LogP contribution in [0.3, 0.4) is 0 Å². The number of anilines is 1. The van der Waals surface area contributed by atoms with Gasteiger partial charge in [-0.1, -0.05) is 35.7 Å². The van der Waals surface area contributed by atoms with Crippen LogP contribution < -0.4 is 15.8 Å². The van der Waals surface area contributed by atoms with E-state index in [1.807, 2.05) is 34.6 Å². The fourth-order valence-electron chi connectivity index (χ4n) is 5.53. The first-order chi connectivity index (χ1) is 16.4. The predicted octanol–water partition coefficient (Wildman–Crippen LogP) is 5.82. The summed E-state index contributed by atoms with van der Waals surface area (Å²) in [4.78, 5) is 32.8. The lowest BCUT2D eigenvalue weighted by molar-refractivity contribution is 0.0442. The molecule has 1 aliphatic carbocycles. The molecule has 1 atom stereocenters. The van der Waals surface area contributed by atoms with Crippen LogP contribution in [0.15, 0.2) is 23.0 Å². The van der Waals surface area contributed by atoms with Crippen LogP contribution in [0.2, 0.25) is 10.0 Å². The average molecular weight is 521 g/mol. The van der Waals surface area contributed by atoms with Crippen molar-refractivity contribution in [3.63, 3.8) is 0 Å². The first-order valence-electron chi connectivity index (χ1n) is 12.2. The first kappa shape index (κ1) is 25.8. The van der Waals surface area contributed by atoms with Gasteiger partial charge in [-0.25, -0.2) is 9.78 Å². The highest BCUT2D eigenvalue weighted by atomic mass is 35.5. The summed E-state index contributed by atoms with van der Waals surface area (Å²) in [5.41, 5.74) is 0.498. The lowest BCUT2D eigenvalue weighted by Crippen LogP contribution is -2.51. The molecule has 1 spiro atoms. The molecule has 7 nitrogen and oxygen atoms in total. The smallest absolute Gasteiger partial charge is 0.407 e. The number of alkyl carbamates (subject to hydrolysis) is 1. The van der Waals surface area contributed by atoms with Crippen LogP contribution in [-0.2, 0) is 4.74 Å². The van der Waals surface area contributed by atoms with Gasteiger partial charge in [0.15, 0.2) is 0 Å². The van der Waals surface area contributed by atoms with Crippen molar-refractivity contribution in [2.45, 2.75) is 78.4 Å². The normalized spacial score (nSPS) is 19.7. The lowest BCUT2D eigenvalue weighted by Gasteiger charge is -2.44. The number of halogens is 2. The topological polar surface area (TPSA) is 76.5 Å². The molecule has 2 aromatic rings. The van der Waals surface area contributed by atoms with Crippen molar-refractivity contribution < 1.29 is 9.53 Å². The number of carbonyl (C=O) groups is 1. The Morgan fingerprint density at radius 1 is 1.17 bits per heavy atom. The Hall–Kier alpha value is -2.25. The quantitative estimate of drug-likeness (QED) is 0.551. The lowest BCUT2D eigenvalue weighted by atomic mass is 9.74. The fraction of sp³-hybridized carbons (Fsp3) is 0.577. The summed E-state index contributed by atoms with van der Waals surface area (Å²) in [6, 6.07) is 5.34. The van der Waals surface area contributed by atoms with Gasteiger partial charge >= 0.3 is 6.09 Å². The molecule has 0 unspecified atom stereocenters. The maximum absolute atomic E-state index is 13.4. The second-order valence-corrected chi connectivity index (χ2v) is 11.5. The molecule has 1 amide bonds. The zero-order valence-corrected chi connectivity index (χ0v) is 22.6. The molecular formula is C26H34Cl2N4O3. The molecule has 2 heterocycles. The number of benzene rings is 1. The number of piperidine rings is 1. The molecule has 1 aliphatic heterocycles. The highest BCUT2D eigenvalue weighted by Crippen LogP contribution is 2.47. The van der Waals surface area contributed by atoms with E-state index in [0.29, 0.717) is 32.9 Å². The molecule has 1 aromatic carbocycles. The Kier molecular flexibility index (Phi) is 7.13. The van der Waals surface area contributed by atoms with Gasteiger partial charge in [-0.15, -0.1) is 0 Å². The molecule has 1 N–H and O–H groups in total. The van der Waals surface area contributed by atoms with Crippen LogP contribution in [0, 0.1) is 19.3 Å². The second kappa shape index (κ2) is 9.66. The second-order valence-electron chi connectivity index (χ2n) is 10.8. The third-order valence-corrected chi connectivity index (χ3v) is 8.09. The fourth-order valence-corrected chi connectivity index (χ4v) is 5.91. The van der Waals surface area contributed by atoms with Crippen LogP contribution in [0.5, 0.6) is 0 Å². The predicted molar refractivity (Wildman–Crippen MR) is 140 cm³/mol. The maximum atomic E-state index is 13.4. The number of amides is 1. The van der Waals surface area contributed by atoms with E-state index in [1.54, 1.807) is 18.2 Å². The molecular weight excluding hydrogens is 487 g/mol. The van der Waals surface area contributed by atoms with Crippen LogP contribution in [0.25, 0.3) is 5.69 Å². The number of aryl methyl sites for hydroxylation is 1. The molecule has 2 aliphatic rings. The van der Waals surface area contributed by atoms with Crippen LogP contribution in [0.4, 0.5) is 10.6 Å². The summed E-state index contributed by atoms with van der Waals surface area (Å²) in [6.45, 7) is 10.8. The third kappa shape index (κ3) is 5.17. The highest BCUT2D eigenvalue weighted by Gasteiger charge is 2.46. The van der Waals surface area contributed by atoms with Gasteiger partial charge in [-0.05, 0) is 77.8 Å². The van der Waals surface area contributed by atoms with E-state index < -0.39 is 5.60 Å². The van der Waals surface area contributed by atoms with Gasteiger partial charge in [-0.3, -0.25) is 9.36 Å². The molecule has 1 aromatic heterocycles. The third-order valence-electron chi connectivity index (χ3n) is 7.28. The van der Waals surface area contributed by atoms with Gasteiger partial charge < -0.3 is 15.0 Å². The largest absolute Gasteiger partial charge is 0.444 e. The number of carbonyl (C=O) groups excluding carboxylic acids is 1. The summed E-state index contributed by atoms with van der Waals surface area (Å²) in [7, 11) is 0. The summed E-state index contributed by atoms with van der Waals surface area (Å²) in [6.07, 6.45) is 4.65. The summed E-state index contributed by atoms with van der Waals surface area (Å²) >= 11 is 12.6. The Labute approximate surface area is 216 Å². The van der Waals surface area contributed by atoms with Crippen LogP contribution in [-0.4, -0.2) is 40.4 Å². The minimum absolute atomic E-state index is 0.0552. The molecule has 190 valence electrons. The summed E-state index contributed by atoms with van der Waals surface area (Å²) < 4.78 is 7.03. The summed E-state index contributed by atoms with van der Waals surface area (Å²) in [5.74, 6) is 1.27. The monoisotopic (exact) mass is 520 g/mol. The molecule has 4 rings (SSSR count). The van der Waals surface area contributed by atoms with Crippen molar-refractivity contribution in [1.29, 1.82) is 0 Å². The Bertz CT molecular complexity index is 1180. The number of nitrogens with zero attached hydrogens (tertiary/aromatic N) is 3. The van der Waals surface area contributed by atoms with Gasteiger partial charge in [0.1, 0.15) is 17.2 Å². The number of hydrogen-bond donors (Lipinski definition) is 1. The average Bonchev–Trinajstić information content (AvgIpc) is 3.14. The molecule has 0 bridgehead atoms. The van der Waals surface area contributed by atoms with Gasteiger partial charge in [0.2, 0.25) is 0 Å². The van der Waals surface area contributed by atoms with Crippen molar-refractivity contribution >= 4 is 35.1 Å². The van der Waals surface area contributed by atoms with Crippen molar-refractivity contribution in [2.75, 3.05) is 18.0 Å². The van der Waals surface area contributed by atoms with Gasteiger partial charge in [0.05, 0.1) is 21.3 Å². The van der Waals surface area contributed by atoms with E-state index in [2.05, 4.69) is 10.2 Å². The Morgan fingerprint density at radius 3 is 2.51 bits per heavy atom. The summed E-state index contributed by atoms with van der Waals surface area (Å²) in [5, 5.41) is 3.87. The van der Waals surface area contributed by atoms with Crippen molar-refractivity contribution in [3.05, 3.63) is 50.0 Å². The van der Waals surface area contributed by atoms with E-state index in [9.17, 15) is 9.59 Å². The molecule has 2 fully saturated rings. The van der Waals surface area contributed by atoms with Gasteiger partial charge in [-0.2, -0.15) is 0 Å². The Balaban J connectivity index is 1.53. The van der Waals surface area contributed by atoms with Crippen LogP contribution in [0.1, 0.15) is 64.3 Å². The van der Waals surface area contributed by atoms with Gasteiger partial charge in [0, 0.05) is 19.1 Å². The number of rotatable bonds is 3. The van der Waals surface area contributed by atoms with E-state index in [4.69, 9.17) is 32.9 Å². The maximum Gasteiger partial charge on any atom is 0.407 e. The minimum atomic E-state index is -0.518. The molecule has 9 heteroatoms. The SMILES string of the molecule is Cc1c(N2CCC3(CCC[C@H]3NC(=O)OC(C)(C)C)CC2)nc(C)n(-c2cccc(Cl)c2Cl)c1=O. The molecule has 1 saturated heterocycles. The number of ether oxygens (including phenoxy) is 1. The molecule has 0 radical (unpaired) electrons. The number of hydrogen-bond acceptors (Lipinski definition) is 5. The van der Waals surface area contributed by atoms with Crippen LogP contribution >= 0.6 is 23.2 Å². The standard InChI is InChI=1S/C26H34Cl2N4O3/c1-16-22(29-17(2)32(23(16)33)19-9-6-8-18(27)21(19)28)31-14-12-26(13-15-31)11-7-10-20(26)30-24(34)35-25(3,4)5/h6,8-9,20H,7,10-15H2,1-5H3,(H,30,34)/t20-/m1/s1. The van der Waals surface area contributed by atoms with Crippen molar-refractivity contribution in [2.24, 2.45) is 5.41 Å². The van der Waals surface area contributed by atoms with E-state index in [1.165, 1.54) is 4.57 Å². The first-order valence-corrected chi connectivity index (χ1v) is 13.0. The Morgan fingerprint density at radius 2 is 1.86 bits per heavy atom. The number of nitrogens with one attached hydrogen (secondary N) is 1. The van der Waals surface area contributed by atoms with Crippen molar-refractivity contribution in [1.82, 2.24) is 14.9 Å². The van der Waals surface area contributed by atoms with Crippen molar-refractivity contribution in [3.8, 4) is 5.69 Å². The number of aromatic nitrogens is 2.